The molecule has 1 atom stereocenters. The minimum Gasteiger partial charge on any atom is -0.481 e. The molecule has 1 heterocycles. The highest BCUT2D eigenvalue weighted by Crippen LogP contribution is 2.24. The average Bonchev–Trinajstić information content (AvgIpc) is 2.95. The van der Waals surface area contributed by atoms with E-state index >= 15 is 0 Å². The highest BCUT2D eigenvalue weighted by Gasteiger charge is 2.07. The molecule has 2 N–H and O–H groups in total. The van der Waals surface area contributed by atoms with Gasteiger partial charge < -0.3 is 10.4 Å². The van der Waals surface area contributed by atoms with Gasteiger partial charge in [-0.15, -0.1) is 11.3 Å². The quantitative estimate of drug-likeness (QED) is 0.770. The minimum atomic E-state index is -0.720. The van der Waals surface area contributed by atoms with Crippen LogP contribution in [-0.4, -0.2) is 22.6 Å². The largest absolute Gasteiger partial charge is 0.481 e. The zero-order valence-corrected chi connectivity index (χ0v) is 12.9. The van der Waals surface area contributed by atoms with Gasteiger partial charge in [-0.2, -0.15) is 0 Å². The lowest BCUT2D eigenvalue weighted by Crippen LogP contribution is -2.08. The molecule has 1 aromatic carbocycles. The molecule has 21 heavy (non-hydrogen) atoms. The normalized spacial score (nSPS) is 12.0. The topological polar surface area (TPSA) is 62.2 Å². The van der Waals surface area contributed by atoms with Gasteiger partial charge in [0, 0.05) is 23.9 Å². The summed E-state index contributed by atoms with van der Waals surface area (Å²) < 4.78 is 0. The van der Waals surface area contributed by atoms with Gasteiger partial charge in [-0.1, -0.05) is 37.3 Å². The third kappa shape index (κ3) is 5.19. The van der Waals surface area contributed by atoms with Gasteiger partial charge in [0.2, 0.25) is 0 Å². The molecule has 0 fully saturated rings. The zero-order chi connectivity index (χ0) is 15.1. The number of benzene rings is 1. The summed E-state index contributed by atoms with van der Waals surface area (Å²) in [6, 6.07) is 10.1. The average molecular weight is 304 g/mol. The predicted molar refractivity (Wildman–Crippen MR) is 86.7 cm³/mol. The van der Waals surface area contributed by atoms with E-state index in [1.807, 2.05) is 35.7 Å². The lowest BCUT2D eigenvalue weighted by Gasteiger charge is -2.09. The van der Waals surface area contributed by atoms with Gasteiger partial charge in [-0.05, 0) is 18.8 Å². The van der Waals surface area contributed by atoms with Crippen molar-refractivity contribution < 1.29 is 9.90 Å². The van der Waals surface area contributed by atoms with Crippen molar-refractivity contribution in [1.29, 1.82) is 0 Å². The molecule has 2 aromatic rings. The molecule has 0 aliphatic rings. The van der Waals surface area contributed by atoms with Crippen LogP contribution in [0.5, 0.6) is 0 Å². The van der Waals surface area contributed by atoms with Crippen molar-refractivity contribution in [3.05, 3.63) is 35.7 Å². The summed E-state index contributed by atoms with van der Waals surface area (Å²) in [6.45, 7) is 2.91. The number of aliphatic carboxylic acids is 1. The SMILES string of the molecule is CC(CCNc1nc(-c2ccccc2)cs1)CCC(=O)O. The van der Waals surface area contributed by atoms with Crippen LogP contribution in [0.25, 0.3) is 11.3 Å². The summed E-state index contributed by atoms with van der Waals surface area (Å²) in [5.74, 6) is -0.315. The molecule has 0 aliphatic heterocycles. The first-order valence-corrected chi connectivity index (χ1v) is 7.99. The fourth-order valence-corrected chi connectivity index (χ4v) is 2.78. The van der Waals surface area contributed by atoms with E-state index in [0.717, 1.165) is 35.8 Å². The Balaban J connectivity index is 1.77. The molecule has 1 unspecified atom stereocenters. The van der Waals surface area contributed by atoms with Crippen molar-refractivity contribution >= 4 is 22.4 Å². The Morgan fingerprint density at radius 1 is 1.33 bits per heavy atom. The lowest BCUT2D eigenvalue weighted by atomic mass is 10.0. The number of thiazole rings is 1. The summed E-state index contributed by atoms with van der Waals surface area (Å²) in [7, 11) is 0. The van der Waals surface area contributed by atoms with Crippen molar-refractivity contribution in [2.45, 2.75) is 26.2 Å². The van der Waals surface area contributed by atoms with Crippen molar-refractivity contribution in [3.8, 4) is 11.3 Å². The number of hydrogen-bond donors (Lipinski definition) is 2. The highest BCUT2D eigenvalue weighted by molar-refractivity contribution is 7.14. The summed E-state index contributed by atoms with van der Waals surface area (Å²) in [4.78, 5) is 15.1. The van der Waals surface area contributed by atoms with Crippen LogP contribution in [0, 0.1) is 5.92 Å². The van der Waals surface area contributed by atoms with Gasteiger partial charge in [-0.3, -0.25) is 4.79 Å². The van der Waals surface area contributed by atoms with Crippen LogP contribution in [0.1, 0.15) is 26.2 Å². The maximum absolute atomic E-state index is 10.5. The van der Waals surface area contributed by atoms with Crippen molar-refractivity contribution in [1.82, 2.24) is 4.98 Å². The fraction of sp³-hybridized carbons (Fsp3) is 0.375. The molecular weight excluding hydrogens is 284 g/mol. The summed E-state index contributed by atoms with van der Waals surface area (Å²) in [5.41, 5.74) is 2.11. The van der Waals surface area contributed by atoms with Crippen LogP contribution in [0.2, 0.25) is 0 Å². The monoisotopic (exact) mass is 304 g/mol. The van der Waals surface area contributed by atoms with Crippen LogP contribution in [-0.2, 0) is 4.79 Å². The number of aromatic nitrogens is 1. The number of rotatable bonds is 8. The van der Waals surface area contributed by atoms with Crippen LogP contribution in [0.4, 0.5) is 5.13 Å². The van der Waals surface area contributed by atoms with Crippen LogP contribution in [0.3, 0.4) is 0 Å². The van der Waals surface area contributed by atoms with Crippen molar-refractivity contribution in [2.24, 2.45) is 5.92 Å². The Labute approximate surface area is 128 Å². The molecule has 1 aromatic heterocycles. The van der Waals surface area contributed by atoms with E-state index < -0.39 is 5.97 Å². The molecule has 0 saturated heterocycles. The smallest absolute Gasteiger partial charge is 0.303 e. The molecule has 0 saturated carbocycles. The number of nitrogens with zero attached hydrogens (tertiary/aromatic N) is 1. The van der Waals surface area contributed by atoms with E-state index in [1.165, 1.54) is 0 Å². The maximum Gasteiger partial charge on any atom is 0.303 e. The van der Waals surface area contributed by atoms with Gasteiger partial charge >= 0.3 is 5.97 Å². The van der Waals surface area contributed by atoms with E-state index in [2.05, 4.69) is 17.2 Å². The maximum atomic E-state index is 10.5. The molecule has 0 aliphatic carbocycles. The Morgan fingerprint density at radius 2 is 2.10 bits per heavy atom. The van der Waals surface area contributed by atoms with Gasteiger partial charge in [0.1, 0.15) is 0 Å². The van der Waals surface area contributed by atoms with Gasteiger partial charge in [0.15, 0.2) is 5.13 Å². The standard InChI is InChI=1S/C16H20N2O2S/c1-12(7-8-15(19)20)9-10-17-16-18-14(11-21-16)13-5-3-2-4-6-13/h2-6,11-12H,7-10H2,1H3,(H,17,18)(H,19,20). The molecule has 2 rings (SSSR count). The van der Waals surface area contributed by atoms with E-state index in [-0.39, 0.29) is 6.42 Å². The Morgan fingerprint density at radius 3 is 2.81 bits per heavy atom. The first-order chi connectivity index (χ1) is 10.1. The predicted octanol–water partition coefficient (Wildman–Crippen LogP) is 4.11. The minimum absolute atomic E-state index is 0.247. The molecule has 0 radical (unpaired) electrons. The van der Waals surface area contributed by atoms with Crippen molar-refractivity contribution in [3.63, 3.8) is 0 Å². The molecule has 0 amide bonds. The molecule has 4 nitrogen and oxygen atoms in total. The van der Waals surface area contributed by atoms with E-state index in [0.29, 0.717) is 5.92 Å². The molecular formula is C16H20N2O2S. The highest BCUT2D eigenvalue weighted by atomic mass is 32.1. The number of hydrogen-bond acceptors (Lipinski definition) is 4. The Hall–Kier alpha value is -1.88. The van der Waals surface area contributed by atoms with Crippen LogP contribution < -0.4 is 5.32 Å². The third-order valence-corrected chi connectivity index (χ3v) is 4.14. The second-order valence-electron chi connectivity index (χ2n) is 5.16. The summed E-state index contributed by atoms with van der Waals surface area (Å²) >= 11 is 1.60. The third-order valence-electron chi connectivity index (χ3n) is 3.34. The summed E-state index contributed by atoms with van der Waals surface area (Å²) in [6.07, 6.45) is 1.92. The molecule has 112 valence electrons. The Bertz CT molecular complexity index is 569. The number of carbonyl (C=O) groups is 1. The first-order valence-electron chi connectivity index (χ1n) is 7.12. The van der Waals surface area contributed by atoms with E-state index in [9.17, 15) is 4.79 Å². The van der Waals surface area contributed by atoms with Gasteiger partial charge in [0.25, 0.3) is 0 Å². The number of carboxylic acids is 1. The first kappa shape index (κ1) is 15.5. The Kier molecular flexibility index (Phi) is 5.75. The van der Waals surface area contributed by atoms with E-state index in [4.69, 9.17) is 5.11 Å². The fourth-order valence-electron chi connectivity index (χ4n) is 2.04. The second-order valence-corrected chi connectivity index (χ2v) is 6.02. The molecule has 5 heteroatoms. The number of nitrogens with one attached hydrogen (secondary N) is 1. The van der Waals surface area contributed by atoms with Crippen molar-refractivity contribution in [2.75, 3.05) is 11.9 Å². The van der Waals surface area contributed by atoms with Gasteiger partial charge in [0.05, 0.1) is 5.69 Å². The molecule has 0 bridgehead atoms. The second kappa shape index (κ2) is 7.78. The number of carboxylic acid groups (broad SMARTS) is 1. The van der Waals surface area contributed by atoms with Crippen LogP contribution >= 0.6 is 11.3 Å². The summed E-state index contributed by atoms with van der Waals surface area (Å²) in [5, 5.41) is 14.9. The van der Waals surface area contributed by atoms with Gasteiger partial charge in [-0.25, -0.2) is 4.98 Å². The van der Waals surface area contributed by atoms with E-state index in [1.54, 1.807) is 11.3 Å². The van der Waals surface area contributed by atoms with Crippen LogP contribution in [0.15, 0.2) is 35.7 Å². The zero-order valence-electron chi connectivity index (χ0n) is 12.1. The molecule has 0 spiro atoms. The lowest BCUT2D eigenvalue weighted by molar-refractivity contribution is -0.137. The number of anilines is 1.